The van der Waals surface area contributed by atoms with Crippen LogP contribution in [-0.2, 0) is 22.6 Å². The Morgan fingerprint density at radius 3 is 2.86 bits per heavy atom. The topological polar surface area (TPSA) is 105 Å². The Balaban J connectivity index is 1.60. The monoisotopic (exact) mass is 495 g/mol. The normalized spacial score (nSPS) is 19.2. The lowest BCUT2D eigenvalue weighted by molar-refractivity contribution is 0.0337. The zero-order valence-electron chi connectivity index (χ0n) is 21.5. The zero-order chi connectivity index (χ0) is 24.9. The van der Waals surface area contributed by atoms with Gasteiger partial charge in [0.25, 0.3) is 0 Å². The van der Waals surface area contributed by atoms with Gasteiger partial charge < -0.3 is 25.0 Å². The lowest BCUT2D eigenvalue weighted by Crippen LogP contribution is -2.49. The lowest BCUT2D eigenvalue weighted by Gasteiger charge is -2.32. The SMILES string of the molecule is CCOCCn1nc(CN2CCOCC2)c2nc(N3CCN[C@H](C)C3)nc(Nc3cc(C)ccn3)c21. The standard InChI is InChI=1S/C25H37N9O2/c1-4-35-14-11-34-23-22(20(31-34)17-32-9-12-36-13-10-32)29-25(33-8-7-26-19(3)16-33)30-24(23)28-21-15-18(2)5-6-27-21/h5-6,15,19,26H,4,7-14,16-17H2,1-3H3,(H,27,28,29,30)/t19-/m1/s1. The molecule has 2 aliphatic rings. The number of morpholine rings is 1. The average molecular weight is 496 g/mol. The molecule has 0 aromatic carbocycles. The van der Waals surface area contributed by atoms with Gasteiger partial charge in [0, 0.05) is 58.1 Å². The molecule has 0 aliphatic carbocycles. The summed E-state index contributed by atoms with van der Waals surface area (Å²) < 4.78 is 13.2. The van der Waals surface area contributed by atoms with Crippen molar-refractivity contribution < 1.29 is 9.47 Å². The minimum atomic E-state index is 0.370. The van der Waals surface area contributed by atoms with Gasteiger partial charge in [0.15, 0.2) is 5.82 Å². The fourth-order valence-electron chi connectivity index (χ4n) is 4.73. The summed E-state index contributed by atoms with van der Waals surface area (Å²) in [6.07, 6.45) is 1.81. The molecule has 2 saturated heterocycles. The van der Waals surface area contributed by atoms with Crippen molar-refractivity contribution in [3.8, 4) is 0 Å². The van der Waals surface area contributed by atoms with Crippen LogP contribution in [0.1, 0.15) is 25.1 Å². The van der Waals surface area contributed by atoms with Crippen LogP contribution in [0.4, 0.5) is 17.6 Å². The quantitative estimate of drug-likeness (QED) is 0.428. The molecule has 11 heteroatoms. The Kier molecular flexibility index (Phi) is 7.90. The van der Waals surface area contributed by atoms with Gasteiger partial charge in [-0.05, 0) is 38.5 Å². The van der Waals surface area contributed by atoms with Crippen LogP contribution in [0.2, 0.25) is 0 Å². The highest BCUT2D eigenvalue weighted by Gasteiger charge is 2.25. The second-order valence-corrected chi connectivity index (χ2v) is 9.47. The second-order valence-electron chi connectivity index (χ2n) is 9.47. The molecule has 2 fully saturated rings. The summed E-state index contributed by atoms with van der Waals surface area (Å²) >= 11 is 0. The number of anilines is 3. The van der Waals surface area contributed by atoms with Crippen LogP contribution in [0, 0.1) is 6.92 Å². The molecule has 0 saturated carbocycles. The number of ether oxygens (including phenoxy) is 2. The van der Waals surface area contributed by atoms with Crippen LogP contribution < -0.4 is 15.5 Å². The zero-order valence-corrected chi connectivity index (χ0v) is 21.5. The summed E-state index contributed by atoms with van der Waals surface area (Å²) in [6.45, 7) is 14.7. The van der Waals surface area contributed by atoms with E-state index in [0.717, 1.165) is 92.4 Å². The molecule has 3 aromatic rings. The third-order valence-corrected chi connectivity index (χ3v) is 6.59. The maximum Gasteiger partial charge on any atom is 0.228 e. The van der Waals surface area contributed by atoms with Crippen LogP contribution in [-0.4, -0.2) is 94.8 Å². The van der Waals surface area contributed by atoms with Crippen LogP contribution >= 0.6 is 0 Å². The number of piperazine rings is 1. The van der Waals surface area contributed by atoms with E-state index in [-0.39, 0.29) is 0 Å². The molecule has 1 atom stereocenters. The number of aryl methyl sites for hydroxylation is 1. The van der Waals surface area contributed by atoms with E-state index in [1.807, 2.05) is 29.9 Å². The van der Waals surface area contributed by atoms with Gasteiger partial charge in [0.1, 0.15) is 22.5 Å². The smallest absolute Gasteiger partial charge is 0.228 e. The number of hydrogen-bond donors (Lipinski definition) is 2. The Morgan fingerprint density at radius 1 is 1.22 bits per heavy atom. The Bertz CT molecular complexity index is 1160. The second kappa shape index (κ2) is 11.5. The Morgan fingerprint density at radius 2 is 2.08 bits per heavy atom. The van der Waals surface area contributed by atoms with Gasteiger partial charge in [-0.3, -0.25) is 9.58 Å². The molecule has 0 amide bonds. The minimum absolute atomic E-state index is 0.370. The molecular weight excluding hydrogens is 458 g/mol. The van der Waals surface area contributed by atoms with Gasteiger partial charge in [-0.15, -0.1) is 0 Å². The average Bonchev–Trinajstić information content (AvgIpc) is 3.22. The lowest BCUT2D eigenvalue weighted by atomic mass is 10.2. The van der Waals surface area contributed by atoms with Crippen LogP contribution in [0.15, 0.2) is 18.3 Å². The van der Waals surface area contributed by atoms with E-state index in [1.165, 1.54) is 0 Å². The number of pyridine rings is 1. The highest BCUT2D eigenvalue weighted by atomic mass is 16.5. The molecule has 5 heterocycles. The first-order valence-corrected chi connectivity index (χ1v) is 12.9. The molecule has 36 heavy (non-hydrogen) atoms. The van der Waals surface area contributed by atoms with E-state index in [4.69, 9.17) is 24.5 Å². The van der Waals surface area contributed by atoms with Crippen molar-refractivity contribution in [2.24, 2.45) is 0 Å². The third-order valence-electron chi connectivity index (χ3n) is 6.59. The summed E-state index contributed by atoms with van der Waals surface area (Å²) in [7, 11) is 0. The van der Waals surface area contributed by atoms with E-state index >= 15 is 0 Å². The predicted molar refractivity (Wildman–Crippen MR) is 140 cm³/mol. The summed E-state index contributed by atoms with van der Waals surface area (Å²) in [4.78, 5) is 19.3. The summed E-state index contributed by atoms with van der Waals surface area (Å²) in [5.74, 6) is 2.19. The number of nitrogens with one attached hydrogen (secondary N) is 2. The molecular formula is C25H37N9O2. The fourth-order valence-corrected chi connectivity index (χ4v) is 4.73. The van der Waals surface area contributed by atoms with Crippen LogP contribution in [0.5, 0.6) is 0 Å². The van der Waals surface area contributed by atoms with Gasteiger partial charge in [0.05, 0.1) is 26.4 Å². The van der Waals surface area contributed by atoms with Gasteiger partial charge >= 0.3 is 0 Å². The summed E-state index contributed by atoms with van der Waals surface area (Å²) in [6, 6.07) is 4.38. The number of hydrogen-bond acceptors (Lipinski definition) is 10. The van der Waals surface area contributed by atoms with E-state index in [0.29, 0.717) is 25.8 Å². The number of nitrogens with zero attached hydrogens (tertiary/aromatic N) is 7. The highest BCUT2D eigenvalue weighted by molar-refractivity contribution is 5.90. The molecule has 3 aromatic heterocycles. The van der Waals surface area contributed by atoms with Gasteiger partial charge in [-0.1, -0.05) is 0 Å². The molecule has 0 radical (unpaired) electrons. The first-order valence-electron chi connectivity index (χ1n) is 12.9. The Hall–Kier alpha value is -2.86. The van der Waals surface area contributed by atoms with Crippen molar-refractivity contribution in [1.82, 2.24) is 34.9 Å². The van der Waals surface area contributed by atoms with Gasteiger partial charge in [-0.25, -0.2) is 9.97 Å². The van der Waals surface area contributed by atoms with E-state index in [1.54, 1.807) is 0 Å². The molecule has 0 unspecified atom stereocenters. The molecule has 5 rings (SSSR count). The third kappa shape index (κ3) is 5.75. The molecule has 2 N–H and O–H groups in total. The molecule has 0 bridgehead atoms. The van der Waals surface area contributed by atoms with E-state index in [9.17, 15) is 0 Å². The maximum absolute atomic E-state index is 5.67. The van der Waals surface area contributed by atoms with Crippen molar-refractivity contribution in [3.05, 3.63) is 29.6 Å². The van der Waals surface area contributed by atoms with Crippen molar-refractivity contribution in [3.63, 3.8) is 0 Å². The molecule has 0 spiro atoms. The Labute approximate surface area is 212 Å². The minimum Gasteiger partial charge on any atom is -0.380 e. The molecule has 2 aliphatic heterocycles. The van der Waals surface area contributed by atoms with Gasteiger partial charge in [0.2, 0.25) is 5.95 Å². The van der Waals surface area contributed by atoms with Crippen molar-refractivity contribution in [2.75, 3.05) is 69.4 Å². The van der Waals surface area contributed by atoms with Crippen LogP contribution in [0.25, 0.3) is 11.0 Å². The van der Waals surface area contributed by atoms with Crippen molar-refractivity contribution in [1.29, 1.82) is 0 Å². The fraction of sp³-hybridized carbons (Fsp3) is 0.600. The van der Waals surface area contributed by atoms with E-state index < -0.39 is 0 Å². The predicted octanol–water partition coefficient (Wildman–Crippen LogP) is 1.94. The summed E-state index contributed by atoms with van der Waals surface area (Å²) in [5, 5.41) is 12.0. The number of aromatic nitrogens is 5. The first kappa shape index (κ1) is 24.8. The first-order chi connectivity index (χ1) is 17.6. The largest absolute Gasteiger partial charge is 0.380 e. The number of rotatable bonds is 9. The van der Waals surface area contributed by atoms with Crippen molar-refractivity contribution >= 4 is 28.6 Å². The number of fused-ring (bicyclic) bond motifs is 1. The molecule has 11 nitrogen and oxygen atoms in total. The summed E-state index contributed by atoms with van der Waals surface area (Å²) in [5.41, 5.74) is 3.85. The van der Waals surface area contributed by atoms with Crippen LogP contribution in [0.3, 0.4) is 0 Å². The van der Waals surface area contributed by atoms with Crippen molar-refractivity contribution in [2.45, 2.75) is 39.9 Å². The maximum atomic E-state index is 5.67. The van der Waals surface area contributed by atoms with E-state index in [2.05, 4.69) is 39.3 Å². The molecule has 194 valence electrons. The van der Waals surface area contributed by atoms with Gasteiger partial charge in [-0.2, -0.15) is 10.1 Å². The highest BCUT2D eigenvalue weighted by Crippen LogP contribution is 2.30.